The number of hydrogen-bond donors (Lipinski definition) is 0. The van der Waals surface area contributed by atoms with Crippen LogP contribution in [0.2, 0.25) is 0 Å². The lowest BCUT2D eigenvalue weighted by Crippen LogP contribution is -2.53. The lowest BCUT2D eigenvalue weighted by atomic mass is 9.86. The standard InChI is InChI=1S/C24H27N3O4/c28-22(26-13-15-30-16-14-26)17-25-9-11-27(12-10-25)24(29)23-18-5-1-3-7-20(18)31-21-8-4-2-6-19(21)23/h1-8,23H,9-17H2. The summed E-state index contributed by atoms with van der Waals surface area (Å²) in [5, 5.41) is 0. The first-order valence-electron chi connectivity index (χ1n) is 10.9. The number of nitrogens with zero attached hydrogens (tertiary/aromatic N) is 3. The van der Waals surface area contributed by atoms with Crippen molar-refractivity contribution >= 4 is 11.8 Å². The highest BCUT2D eigenvalue weighted by Crippen LogP contribution is 2.44. The van der Waals surface area contributed by atoms with Crippen molar-refractivity contribution in [3.63, 3.8) is 0 Å². The molecule has 2 fully saturated rings. The average Bonchev–Trinajstić information content (AvgIpc) is 2.83. The zero-order valence-electron chi connectivity index (χ0n) is 17.5. The molecule has 162 valence electrons. The van der Waals surface area contributed by atoms with Crippen molar-refractivity contribution in [3.05, 3.63) is 59.7 Å². The number of fused-ring (bicyclic) bond motifs is 2. The van der Waals surface area contributed by atoms with Crippen molar-refractivity contribution in [2.24, 2.45) is 0 Å². The number of hydrogen-bond acceptors (Lipinski definition) is 5. The fourth-order valence-electron chi connectivity index (χ4n) is 4.59. The van der Waals surface area contributed by atoms with Gasteiger partial charge in [0.1, 0.15) is 11.5 Å². The van der Waals surface area contributed by atoms with E-state index >= 15 is 0 Å². The van der Waals surface area contributed by atoms with Crippen LogP contribution in [0.15, 0.2) is 48.5 Å². The van der Waals surface area contributed by atoms with Gasteiger partial charge in [0, 0.05) is 50.4 Å². The number of ether oxygens (including phenoxy) is 2. The SMILES string of the molecule is O=C(CN1CCN(C(=O)C2c3ccccc3Oc3ccccc32)CC1)N1CCOCC1. The largest absolute Gasteiger partial charge is 0.457 e. The summed E-state index contributed by atoms with van der Waals surface area (Å²) >= 11 is 0. The van der Waals surface area contributed by atoms with E-state index in [2.05, 4.69) is 4.90 Å². The molecule has 31 heavy (non-hydrogen) atoms. The molecule has 2 aromatic carbocycles. The third-order valence-corrected chi connectivity index (χ3v) is 6.33. The second kappa shape index (κ2) is 8.69. The Kier molecular flexibility index (Phi) is 5.61. The predicted octanol–water partition coefficient (Wildman–Crippen LogP) is 1.93. The molecule has 7 heteroatoms. The van der Waals surface area contributed by atoms with Crippen LogP contribution in [-0.4, -0.2) is 85.5 Å². The van der Waals surface area contributed by atoms with Gasteiger partial charge in [-0.3, -0.25) is 14.5 Å². The van der Waals surface area contributed by atoms with Gasteiger partial charge in [0.05, 0.1) is 25.7 Å². The second-order valence-electron chi connectivity index (χ2n) is 8.21. The summed E-state index contributed by atoms with van der Waals surface area (Å²) in [6, 6.07) is 15.5. The summed E-state index contributed by atoms with van der Waals surface area (Å²) in [7, 11) is 0. The normalized spacial score (nSPS) is 19.4. The quantitative estimate of drug-likeness (QED) is 0.758. The Bertz CT molecular complexity index is 919. The third-order valence-electron chi connectivity index (χ3n) is 6.33. The smallest absolute Gasteiger partial charge is 0.236 e. The van der Waals surface area contributed by atoms with Crippen LogP contribution < -0.4 is 4.74 Å². The van der Waals surface area contributed by atoms with Gasteiger partial charge < -0.3 is 19.3 Å². The van der Waals surface area contributed by atoms with Crippen LogP contribution in [0.3, 0.4) is 0 Å². The molecular weight excluding hydrogens is 394 g/mol. The second-order valence-corrected chi connectivity index (χ2v) is 8.21. The molecule has 0 aliphatic carbocycles. The van der Waals surface area contributed by atoms with Gasteiger partial charge in [-0.05, 0) is 12.1 Å². The Morgan fingerprint density at radius 3 is 1.97 bits per heavy atom. The van der Waals surface area contributed by atoms with Crippen molar-refractivity contribution < 1.29 is 19.1 Å². The van der Waals surface area contributed by atoms with Crippen molar-refractivity contribution in [1.82, 2.24) is 14.7 Å². The maximum Gasteiger partial charge on any atom is 0.236 e. The van der Waals surface area contributed by atoms with Crippen molar-refractivity contribution in [3.8, 4) is 11.5 Å². The fraction of sp³-hybridized carbons (Fsp3) is 0.417. The van der Waals surface area contributed by atoms with E-state index in [-0.39, 0.29) is 17.7 Å². The molecule has 0 atom stereocenters. The molecule has 0 N–H and O–H groups in total. The molecule has 0 saturated carbocycles. The molecule has 0 spiro atoms. The number of carbonyl (C=O) groups is 2. The lowest BCUT2D eigenvalue weighted by Gasteiger charge is -2.38. The zero-order chi connectivity index (χ0) is 21.2. The molecular formula is C24H27N3O4. The van der Waals surface area contributed by atoms with Gasteiger partial charge in [-0.1, -0.05) is 36.4 Å². The average molecular weight is 421 g/mol. The van der Waals surface area contributed by atoms with Gasteiger partial charge >= 0.3 is 0 Å². The Balaban J connectivity index is 1.26. The van der Waals surface area contributed by atoms with E-state index in [1.165, 1.54) is 0 Å². The Hall–Kier alpha value is -2.90. The minimum absolute atomic E-state index is 0.0994. The summed E-state index contributed by atoms with van der Waals surface area (Å²) in [4.78, 5) is 32.1. The van der Waals surface area contributed by atoms with E-state index in [1.54, 1.807) is 0 Å². The molecule has 7 nitrogen and oxygen atoms in total. The van der Waals surface area contributed by atoms with Crippen LogP contribution in [0.25, 0.3) is 0 Å². The van der Waals surface area contributed by atoms with Crippen molar-refractivity contribution in [1.29, 1.82) is 0 Å². The highest BCUT2D eigenvalue weighted by atomic mass is 16.5. The molecule has 3 aliphatic rings. The van der Waals surface area contributed by atoms with Gasteiger partial charge in [0.2, 0.25) is 11.8 Å². The molecule has 5 rings (SSSR count). The predicted molar refractivity (Wildman–Crippen MR) is 115 cm³/mol. The number of para-hydroxylation sites is 2. The first-order valence-corrected chi connectivity index (χ1v) is 10.9. The van der Waals surface area contributed by atoms with Gasteiger partial charge in [-0.15, -0.1) is 0 Å². The molecule has 3 heterocycles. The fourth-order valence-corrected chi connectivity index (χ4v) is 4.59. The van der Waals surface area contributed by atoms with E-state index in [1.807, 2.05) is 58.3 Å². The van der Waals surface area contributed by atoms with E-state index in [0.717, 1.165) is 22.6 Å². The summed E-state index contributed by atoms with van der Waals surface area (Å²) in [6.07, 6.45) is 0. The van der Waals surface area contributed by atoms with Gasteiger partial charge in [0.15, 0.2) is 0 Å². The van der Waals surface area contributed by atoms with Crippen LogP contribution in [0.4, 0.5) is 0 Å². The maximum atomic E-state index is 13.6. The van der Waals surface area contributed by atoms with Crippen molar-refractivity contribution in [2.45, 2.75) is 5.92 Å². The van der Waals surface area contributed by atoms with E-state index in [4.69, 9.17) is 9.47 Å². The Morgan fingerprint density at radius 2 is 1.35 bits per heavy atom. The summed E-state index contributed by atoms with van der Waals surface area (Å²) in [6.45, 7) is 5.62. The van der Waals surface area contributed by atoms with E-state index in [0.29, 0.717) is 59.0 Å². The van der Waals surface area contributed by atoms with Gasteiger partial charge in [0.25, 0.3) is 0 Å². The molecule has 0 unspecified atom stereocenters. The number of rotatable bonds is 3. The van der Waals surface area contributed by atoms with E-state index < -0.39 is 0 Å². The minimum Gasteiger partial charge on any atom is -0.457 e. The summed E-state index contributed by atoms with van der Waals surface area (Å²) < 4.78 is 11.4. The van der Waals surface area contributed by atoms with Crippen LogP contribution in [0.5, 0.6) is 11.5 Å². The number of amides is 2. The molecule has 2 aromatic rings. The van der Waals surface area contributed by atoms with Crippen molar-refractivity contribution in [2.75, 3.05) is 59.0 Å². The van der Waals surface area contributed by atoms with Crippen LogP contribution in [0.1, 0.15) is 17.0 Å². The summed E-state index contributed by atoms with van der Waals surface area (Å²) in [5.41, 5.74) is 1.83. The third kappa shape index (κ3) is 4.03. The lowest BCUT2D eigenvalue weighted by molar-refractivity contribution is -0.138. The highest BCUT2D eigenvalue weighted by molar-refractivity contribution is 5.90. The number of morpholine rings is 1. The van der Waals surface area contributed by atoms with Crippen LogP contribution in [-0.2, 0) is 14.3 Å². The minimum atomic E-state index is -0.359. The molecule has 0 aromatic heterocycles. The number of benzene rings is 2. The first kappa shape index (κ1) is 20.0. The molecule has 2 saturated heterocycles. The maximum absolute atomic E-state index is 13.6. The van der Waals surface area contributed by atoms with E-state index in [9.17, 15) is 9.59 Å². The number of piperazine rings is 1. The first-order chi connectivity index (χ1) is 15.2. The summed E-state index contributed by atoms with van der Waals surface area (Å²) in [5.74, 6) is 1.38. The molecule has 0 radical (unpaired) electrons. The zero-order valence-corrected chi connectivity index (χ0v) is 17.5. The van der Waals surface area contributed by atoms with Crippen LogP contribution >= 0.6 is 0 Å². The molecule has 3 aliphatic heterocycles. The highest BCUT2D eigenvalue weighted by Gasteiger charge is 2.36. The molecule has 0 bridgehead atoms. The molecule has 2 amide bonds. The topological polar surface area (TPSA) is 62.3 Å². The van der Waals surface area contributed by atoms with Gasteiger partial charge in [-0.25, -0.2) is 0 Å². The Labute approximate surface area is 182 Å². The van der Waals surface area contributed by atoms with Gasteiger partial charge in [-0.2, -0.15) is 0 Å². The van der Waals surface area contributed by atoms with Crippen LogP contribution in [0, 0.1) is 0 Å². The number of carbonyl (C=O) groups excluding carboxylic acids is 2. The monoisotopic (exact) mass is 421 g/mol. The Morgan fingerprint density at radius 1 is 0.774 bits per heavy atom.